The third-order valence-corrected chi connectivity index (χ3v) is 2.37. The summed E-state index contributed by atoms with van der Waals surface area (Å²) < 4.78 is 9.49. The van der Waals surface area contributed by atoms with Crippen molar-refractivity contribution >= 4 is 11.7 Å². The lowest BCUT2D eigenvalue weighted by Gasteiger charge is -2.09. The number of nitrogens with two attached hydrogens (primary N) is 1. The number of ether oxygens (including phenoxy) is 1. The number of nitrogens with zero attached hydrogens (tertiary/aromatic N) is 2. The summed E-state index contributed by atoms with van der Waals surface area (Å²) in [5, 5.41) is 16.7. The monoisotopic (exact) mass is 228 g/mol. The number of rotatable bonds is 3. The molecule has 0 radical (unpaired) electrons. The van der Waals surface area contributed by atoms with Crippen LogP contribution in [0.25, 0.3) is 0 Å². The normalized spacial score (nSPS) is 19.9. The molecule has 2 heterocycles. The van der Waals surface area contributed by atoms with Gasteiger partial charge in [-0.05, 0) is 17.7 Å². The van der Waals surface area contributed by atoms with Gasteiger partial charge in [0.15, 0.2) is 0 Å². The number of carbonyl (C=O) groups excluding carboxylic acids is 1. The summed E-state index contributed by atoms with van der Waals surface area (Å²) in [5.74, 6) is -0.830. The molecule has 0 bridgehead atoms. The minimum Gasteiger partial charge on any atom is -0.376 e. The van der Waals surface area contributed by atoms with Crippen LogP contribution in [0.5, 0.6) is 0 Å². The van der Waals surface area contributed by atoms with Crippen LogP contribution in [0.3, 0.4) is 0 Å². The Balaban J connectivity index is 1.92. The van der Waals surface area contributed by atoms with E-state index in [-0.39, 0.29) is 22.5 Å². The summed E-state index contributed by atoms with van der Waals surface area (Å²) in [7, 11) is 0. The Morgan fingerprint density at radius 1 is 1.75 bits per heavy atom. The Morgan fingerprint density at radius 3 is 3.12 bits per heavy atom. The van der Waals surface area contributed by atoms with Crippen LogP contribution in [0.2, 0.25) is 0 Å². The highest BCUT2D eigenvalue weighted by molar-refractivity contribution is 5.94. The molecule has 1 fully saturated rings. The Labute approximate surface area is 90.9 Å². The first-order chi connectivity index (χ1) is 7.68. The highest BCUT2D eigenvalue weighted by Gasteiger charge is 2.25. The van der Waals surface area contributed by atoms with Crippen molar-refractivity contribution in [2.75, 3.05) is 18.9 Å². The quantitative estimate of drug-likeness (QED) is 0.627. The molecule has 2 rings (SSSR count). The molecule has 0 aliphatic carbocycles. The zero-order valence-electron chi connectivity index (χ0n) is 8.51. The highest BCUT2D eigenvalue weighted by atomic mass is 16.8. The van der Waals surface area contributed by atoms with E-state index in [1.54, 1.807) is 0 Å². The van der Waals surface area contributed by atoms with Crippen molar-refractivity contribution in [3.8, 4) is 0 Å². The molecule has 1 aromatic heterocycles. The number of amides is 1. The van der Waals surface area contributed by atoms with Crippen molar-refractivity contribution in [2.45, 2.75) is 18.9 Å². The lowest BCUT2D eigenvalue weighted by Crippen LogP contribution is -2.40. The average molecular weight is 228 g/mol. The lowest BCUT2D eigenvalue weighted by molar-refractivity contribution is -0.803. The lowest BCUT2D eigenvalue weighted by atomic mass is 10.2. The van der Waals surface area contributed by atoms with Gasteiger partial charge in [0.2, 0.25) is 0 Å². The molecule has 0 spiro atoms. The standard InChI is InChI=1S/C8H12N4O4/c9-7-6(12(14)16-11-7)8(13)10-4-5-2-1-3-15-5/h5H,1-4H2,(H2,9,11)(H,10,13)/t5-/m0/s1. The number of hydrogen-bond acceptors (Lipinski definition) is 6. The third-order valence-electron chi connectivity index (χ3n) is 2.37. The van der Waals surface area contributed by atoms with Gasteiger partial charge in [-0.1, -0.05) is 0 Å². The van der Waals surface area contributed by atoms with Gasteiger partial charge in [-0.25, -0.2) is 0 Å². The summed E-state index contributed by atoms with van der Waals surface area (Å²) in [5.41, 5.74) is 4.99. The van der Waals surface area contributed by atoms with Crippen molar-refractivity contribution in [3.05, 3.63) is 10.9 Å². The largest absolute Gasteiger partial charge is 0.376 e. The molecule has 88 valence electrons. The molecule has 1 saturated heterocycles. The van der Waals surface area contributed by atoms with Crippen molar-refractivity contribution in [1.82, 2.24) is 10.5 Å². The number of nitrogen functional groups attached to an aromatic ring is 1. The van der Waals surface area contributed by atoms with Gasteiger partial charge in [0.05, 0.1) is 11.3 Å². The molecule has 0 aromatic carbocycles. The second-order valence-electron chi connectivity index (χ2n) is 3.51. The van der Waals surface area contributed by atoms with E-state index in [1.165, 1.54) is 0 Å². The fourth-order valence-corrected chi connectivity index (χ4v) is 1.55. The van der Waals surface area contributed by atoms with E-state index in [0.717, 1.165) is 12.8 Å². The van der Waals surface area contributed by atoms with Gasteiger partial charge in [0, 0.05) is 13.2 Å². The van der Waals surface area contributed by atoms with Crippen molar-refractivity contribution in [1.29, 1.82) is 0 Å². The molecular weight excluding hydrogens is 216 g/mol. The summed E-state index contributed by atoms with van der Waals surface area (Å²) >= 11 is 0. The molecule has 1 atom stereocenters. The maximum absolute atomic E-state index is 11.5. The Kier molecular flexibility index (Phi) is 2.91. The number of carbonyl (C=O) groups is 1. The molecule has 0 saturated carbocycles. The van der Waals surface area contributed by atoms with Crippen molar-refractivity contribution in [3.63, 3.8) is 0 Å². The highest BCUT2D eigenvalue weighted by Crippen LogP contribution is 2.11. The summed E-state index contributed by atoms with van der Waals surface area (Å²) in [6, 6.07) is 0. The van der Waals surface area contributed by atoms with Gasteiger partial charge in [-0.2, -0.15) is 0 Å². The van der Waals surface area contributed by atoms with E-state index < -0.39 is 5.91 Å². The number of aromatic nitrogens is 2. The van der Waals surface area contributed by atoms with Crippen LogP contribution < -0.4 is 16.0 Å². The number of nitrogens with one attached hydrogen (secondary N) is 1. The van der Waals surface area contributed by atoms with Gasteiger partial charge >= 0.3 is 17.4 Å². The number of anilines is 1. The van der Waals surface area contributed by atoms with Crippen LogP contribution in [-0.4, -0.2) is 30.3 Å². The first kappa shape index (κ1) is 10.7. The first-order valence-corrected chi connectivity index (χ1v) is 4.93. The van der Waals surface area contributed by atoms with E-state index in [0.29, 0.717) is 13.2 Å². The molecular formula is C8H12N4O4. The predicted octanol–water partition coefficient (Wildman–Crippen LogP) is -1.20. The predicted molar refractivity (Wildman–Crippen MR) is 51.2 cm³/mol. The Hall–Kier alpha value is -1.83. The van der Waals surface area contributed by atoms with Gasteiger partial charge in [0.25, 0.3) is 0 Å². The molecule has 1 aliphatic heterocycles. The fourth-order valence-electron chi connectivity index (χ4n) is 1.55. The fraction of sp³-hybridized carbons (Fsp3) is 0.625. The summed E-state index contributed by atoms with van der Waals surface area (Å²) in [6.07, 6.45) is 1.89. The zero-order chi connectivity index (χ0) is 11.5. The molecule has 8 nitrogen and oxygen atoms in total. The molecule has 1 aromatic rings. The van der Waals surface area contributed by atoms with E-state index in [4.69, 9.17) is 10.5 Å². The van der Waals surface area contributed by atoms with Crippen LogP contribution in [-0.2, 0) is 4.74 Å². The Morgan fingerprint density at radius 2 is 2.56 bits per heavy atom. The van der Waals surface area contributed by atoms with Gasteiger partial charge in [-0.3, -0.25) is 9.42 Å². The smallest absolute Gasteiger partial charge is 0.318 e. The van der Waals surface area contributed by atoms with Gasteiger partial charge < -0.3 is 21.0 Å². The molecule has 16 heavy (non-hydrogen) atoms. The minimum atomic E-state index is -0.607. The van der Waals surface area contributed by atoms with Crippen molar-refractivity contribution in [2.24, 2.45) is 0 Å². The molecule has 1 amide bonds. The van der Waals surface area contributed by atoms with Crippen LogP contribution in [0.4, 0.5) is 5.82 Å². The van der Waals surface area contributed by atoms with Crippen molar-refractivity contribution < 1.29 is 19.1 Å². The molecule has 8 heteroatoms. The van der Waals surface area contributed by atoms with Crippen LogP contribution in [0.15, 0.2) is 4.63 Å². The zero-order valence-corrected chi connectivity index (χ0v) is 8.51. The first-order valence-electron chi connectivity index (χ1n) is 4.93. The second-order valence-corrected chi connectivity index (χ2v) is 3.51. The van der Waals surface area contributed by atoms with E-state index in [2.05, 4.69) is 15.1 Å². The van der Waals surface area contributed by atoms with E-state index >= 15 is 0 Å². The Bertz CT molecular complexity index is 366. The van der Waals surface area contributed by atoms with Gasteiger partial charge in [0.1, 0.15) is 0 Å². The second kappa shape index (κ2) is 4.35. The SMILES string of the molecule is Nc1no[n+]([O-])c1C(=O)NC[C@@H]1CCCO1. The summed E-state index contributed by atoms with van der Waals surface area (Å²) in [6.45, 7) is 1.06. The number of hydrogen-bond donors (Lipinski definition) is 2. The maximum Gasteiger partial charge on any atom is 0.318 e. The molecule has 3 N–H and O–H groups in total. The topological polar surface area (TPSA) is 117 Å². The van der Waals surface area contributed by atoms with Crippen LogP contribution in [0, 0.1) is 5.21 Å². The van der Waals surface area contributed by atoms with E-state index in [9.17, 15) is 10.0 Å². The van der Waals surface area contributed by atoms with Crippen LogP contribution >= 0.6 is 0 Å². The minimum absolute atomic E-state index is 0.00476. The average Bonchev–Trinajstić information content (AvgIpc) is 2.86. The third kappa shape index (κ3) is 2.06. The summed E-state index contributed by atoms with van der Waals surface area (Å²) in [4.78, 5) is 11.5. The molecule has 0 unspecified atom stereocenters. The van der Waals surface area contributed by atoms with Crippen LogP contribution in [0.1, 0.15) is 23.3 Å². The molecule has 1 aliphatic rings. The van der Waals surface area contributed by atoms with E-state index in [1.807, 2.05) is 0 Å². The maximum atomic E-state index is 11.5. The van der Waals surface area contributed by atoms with Gasteiger partial charge in [-0.15, -0.1) is 0 Å².